The topological polar surface area (TPSA) is 120 Å². The third kappa shape index (κ3) is 4.75. The third-order valence-electron chi connectivity index (χ3n) is 7.31. The molecule has 1 saturated heterocycles. The number of aromatic nitrogens is 2. The summed E-state index contributed by atoms with van der Waals surface area (Å²) in [4.78, 5) is 36.0. The summed E-state index contributed by atoms with van der Waals surface area (Å²) >= 11 is 0. The summed E-state index contributed by atoms with van der Waals surface area (Å²) in [5.74, 6) is -0.285. The van der Waals surface area contributed by atoms with E-state index in [-0.39, 0.29) is 16.9 Å². The predicted octanol–water partition coefficient (Wildman–Crippen LogP) is 3.47. The minimum Gasteiger partial charge on any atom is -0.497 e. The Morgan fingerprint density at radius 1 is 1.08 bits per heavy atom. The summed E-state index contributed by atoms with van der Waals surface area (Å²) in [7, 11) is 3.03. The highest BCUT2D eigenvalue weighted by molar-refractivity contribution is 5.98. The average molecular weight is 500 g/mol. The summed E-state index contributed by atoms with van der Waals surface area (Å²) in [5, 5.41) is 12.5. The molecule has 0 saturated carbocycles. The lowest BCUT2D eigenvalue weighted by atomic mass is 9.78. The summed E-state index contributed by atoms with van der Waals surface area (Å²) < 4.78 is 10.8. The van der Waals surface area contributed by atoms with Crippen molar-refractivity contribution in [3.8, 4) is 17.6 Å². The van der Waals surface area contributed by atoms with Gasteiger partial charge in [0.25, 0.3) is 5.56 Å². The van der Waals surface area contributed by atoms with Gasteiger partial charge in [0, 0.05) is 30.6 Å². The fraction of sp³-hybridized carbons (Fsp3) is 0.357. The Kier molecular flexibility index (Phi) is 6.82. The Hall–Kier alpha value is -4.32. The van der Waals surface area contributed by atoms with Crippen molar-refractivity contribution in [2.24, 2.45) is 11.8 Å². The molecule has 3 heterocycles. The van der Waals surface area contributed by atoms with E-state index < -0.39 is 17.7 Å². The smallest absolute Gasteiger partial charge is 0.258 e. The van der Waals surface area contributed by atoms with Crippen molar-refractivity contribution in [1.29, 1.82) is 5.26 Å². The van der Waals surface area contributed by atoms with Gasteiger partial charge in [0.1, 0.15) is 23.2 Å². The van der Waals surface area contributed by atoms with E-state index in [0.717, 1.165) is 32.4 Å². The molecule has 3 aromatic rings. The molecule has 2 aliphatic rings. The molecule has 1 aromatic heterocycles. The van der Waals surface area contributed by atoms with Crippen LogP contribution in [0, 0.1) is 23.2 Å². The Bertz CT molecular complexity index is 1390. The number of nitrogens with one attached hydrogen (secondary N) is 2. The van der Waals surface area contributed by atoms with Crippen LogP contribution in [0.3, 0.4) is 0 Å². The molecule has 1 fully saturated rings. The van der Waals surface area contributed by atoms with Crippen molar-refractivity contribution in [3.05, 3.63) is 75.6 Å². The number of carbonyl (C=O) groups is 1. The SMILES string of the molecule is COc1ccc(C2c3c(nc(N4CCC(Cc5ccccc5)CC4)[nH]c3=O)NC(=O)C2C#N)c(OC)c1. The highest BCUT2D eigenvalue weighted by Crippen LogP contribution is 2.43. The van der Waals surface area contributed by atoms with Crippen LogP contribution in [-0.2, 0) is 11.2 Å². The van der Waals surface area contributed by atoms with Gasteiger partial charge in [0.2, 0.25) is 11.9 Å². The predicted molar refractivity (Wildman–Crippen MR) is 139 cm³/mol. The molecule has 0 radical (unpaired) electrons. The Balaban J connectivity index is 1.44. The number of nitriles is 1. The number of methoxy groups -OCH3 is 2. The molecular formula is C28H29N5O4. The zero-order valence-electron chi connectivity index (χ0n) is 20.9. The maximum atomic E-state index is 13.5. The second-order valence-corrected chi connectivity index (χ2v) is 9.45. The van der Waals surface area contributed by atoms with E-state index in [9.17, 15) is 14.9 Å². The van der Waals surface area contributed by atoms with Crippen molar-refractivity contribution in [2.45, 2.75) is 25.2 Å². The van der Waals surface area contributed by atoms with Crippen LogP contribution in [0.15, 0.2) is 53.3 Å². The number of ether oxygens (including phenoxy) is 2. The summed E-state index contributed by atoms with van der Waals surface area (Å²) in [6.45, 7) is 1.51. The maximum Gasteiger partial charge on any atom is 0.258 e. The van der Waals surface area contributed by atoms with Crippen LogP contribution in [0.2, 0.25) is 0 Å². The molecule has 9 nitrogen and oxygen atoms in total. The van der Waals surface area contributed by atoms with Crippen LogP contribution in [0.1, 0.15) is 35.4 Å². The van der Waals surface area contributed by atoms with Gasteiger partial charge < -0.3 is 19.7 Å². The molecule has 9 heteroatoms. The molecule has 0 spiro atoms. The Morgan fingerprint density at radius 2 is 1.84 bits per heavy atom. The molecule has 5 rings (SSSR count). The van der Waals surface area contributed by atoms with Crippen LogP contribution in [0.4, 0.5) is 11.8 Å². The molecular weight excluding hydrogens is 470 g/mol. The number of hydrogen-bond donors (Lipinski definition) is 2. The summed E-state index contributed by atoms with van der Waals surface area (Å²) in [6.07, 6.45) is 2.98. The van der Waals surface area contributed by atoms with Crippen LogP contribution < -0.4 is 25.2 Å². The Labute approximate surface area is 215 Å². The second-order valence-electron chi connectivity index (χ2n) is 9.45. The summed E-state index contributed by atoms with van der Waals surface area (Å²) in [5.41, 5.74) is 1.75. The van der Waals surface area contributed by atoms with Crippen molar-refractivity contribution in [1.82, 2.24) is 9.97 Å². The van der Waals surface area contributed by atoms with Gasteiger partial charge in [-0.3, -0.25) is 14.6 Å². The number of benzene rings is 2. The fourth-order valence-corrected chi connectivity index (χ4v) is 5.36. The van der Waals surface area contributed by atoms with E-state index in [1.54, 1.807) is 18.2 Å². The quantitative estimate of drug-likeness (QED) is 0.533. The van der Waals surface area contributed by atoms with Gasteiger partial charge in [-0.15, -0.1) is 0 Å². The first kappa shape index (κ1) is 24.4. The monoisotopic (exact) mass is 499 g/mol. The lowest BCUT2D eigenvalue weighted by Crippen LogP contribution is -2.41. The molecule has 1 amide bonds. The van der Waals surface area contributed by atoms with Gasteiger partial charge in [0.15, 0.2) is 0 Å². The van der Waals surface area contributed by atoms with Crippen LogP contribution >= 0.6 is 0 Å². The van der Waals surface area contributed by atoms with E-state index in [4.69, 9.17) is 9.47 Å². The van der Waals surface area contributed by atoms with Gasteiger partial charge in [-0.25, -0.2) is 0 Å². The van der Waals surface area contributed by atoms with Crippen LogP contribution in [0.25, 0.3) is 0 Å². The number of fused-ring (bicyclic) bond motifs is 1. The number of piperidine rings is 1. The minimum atomic E-state index is -1.11. The number of amides is 1. The zero-order valence-corrected chi connectivity index (χ0v) is 20.9. The average Bonchev–Trinajstić information content (AvgIpc) is 2.92. The van der Waals surface area contributed by atoms with E-state index >= 15 is 0 Å². The van der Waals surface area contributed by atoms with Crippen LogP contribution in [-0.4, -0.2) is 43.2 Å². The first-order valence-electron chi connectivity index (χ1n) is 12.4. The lowest BCUT2D eigenvalue weighted by molar-refractivity contribution is -0.119. The van der Waals surface area contributed by atoms with Crippen molar-refractivity contribution < 1.29 is 14.3 Å². The molecule has 0 bridgehead atoms. The number of nitrogens with zero attached hydrogens (tertiary/aromatic N) is 3. The first-order valence-corrected chi connectivity index (χ1v) is 12.4. The number of hydrogen-bond acceptors (Lipinski definition) is 7. The van der Waals surface area contributed by atoms with Crippen molar-refractivity contribution in [2.75, 3.05) is 37.5 Å². The van der Waals surface area contributed by atoms with Gasteiger partial charge in [-0.1, -0.05) is 36.4 Å². The third-order valence-corrected chi connectivity index (χ3v) is 7.31. The molecule has 37 heavy (non-hydrogen) atoms. The number of carbonyl (C=O) groups excluding carboxylic acids is 1. The van der Waals surface area contributed by atoms with Crippen molar-refractivity contribution in [3.63, 3.8) is 0 Å². The second kappa shape index (κ2) is 10.3. The standard InChI is InChI=1S/C28H29N5O4/c1-36-19-8-9-20(22(15-19)37-2)23-21(16-29)26(34)30-25-24(23)27(35)32-28(31-25)33-12-10-18(11-13-33)14-17-6-4-3-5-7-17/h3-9,15,18,21,23H,10-14H2,1-2H3,(H2,30,31,32,34,35). The largest absolute Gasteiger partial charge is 0.497 e. The molecule has 2 N–H and O–H groups in total. The number of aromatic amines is 1. The highest BCUT2D eigenvalue weighted by atomic mass is 16.5. The molecule has 0 aliphatic carbocycles. The summed E-state index contributed by atoms with van der Waals surface area (Å²) in [6, 6.07) is 17.6. The normalized spacial score (nSPS) is 19.5. The first-order chi connectivity index (χ1) is 18.0. The van der Waals surface area contributed by atoms with E-state index in [1.807, 2.05) is 6.07 Å². The van der Waals surface area contributed by atoms with Gasteiger partial charge in [0.05, 0.1) is 25.9 Å². The number of anilines is 2. The fourth-order valence-electron chi connectivity index (χ4n) is 5.36. The molecule has 2 aromatic carbocycles. The van der Waals surface area contributed by atoms with E-state index in [2.05, 4.69) is 50.5 Å². The van der Waals surface area contributed by atoms with Gasteiger partial charge in [-0.2, -0.15) is 10.2 Å². The number of H-pyrrole nitrogens is 1. The molecule has 190 valence electrons. The van der Waals surface area contributed by atoms with E-state index in [0.29, 0.717) is 28.9 Å². The zero-order chi connectivity index (χ0) is 25.9. The number of rotatable bonds is 6. The molecule has 2 aliphatic heterocycles. The minimum absolute atomic E-state index is 0.185. The Morgan fingerprint density at radius 3 is 2.51 bits per heavy atom. The highest BCUT2D eigenvalue weighted by Gasteiger charge is 2.42. The molecule has 2 unspecified atom stereocenters. The maximum absolute atomic E-state index is 13.5. The van der Waals surface area contributed by atoms with Gasteiger partial charge in [-0.05, 0) is 36.8 Å². The molecule has 2 atom stereocenters. The van der Waals surface area contributed by atoms with E-state index in [1.165, 1.54) is 19.8 Å². The van der Waals surface area contributed by atoms with Gasteiger partial charge >= 0.3 is 0 Å². The lowest BCUT2D eigenvalue weighted by Gasteiger charge is -2.34. The van der Waals surface area contributed by atoms with Crippen molar-refractivity contribution >= 4 is 17.7 Å². The van der Waals surface area contributed by atoms with Crippen LogP contribution in [0.5, 0.6) is 11.5 Å².